The van der Waals surface area contributed by atoms with Crippen molar-refractivity contribution in [1.82, 2.24) is 24.7 Å². The minimum Gasteiger partial charge on any atom is -0.325 e. The fraction of sp³-hybridized carbons (Fsp3) is 0.520. The molecule has 0 saturated carbocycles. The normalized spacial score (nSPS) is 19.2. The predicted molar refractivity (Wildman–Crippen MR) is 133 cm³/mol. The number of piperidine rings is 1. The Morgan fingerprint density at radius 3 is 2.44 bits per heavy atom. The number of nitrogens with zero attached hydrogens (tertiary/aromatic N) is 5. The molecule has 0 aliphatic carbocycles. The molecule has 2 saturated heterocycles. The Labute approximate surface area is 206 Å². The molecular formula is C25H33ClN6O2. The third-order valence-corrected chi connectivity index (χ3v) is 6.97. The molecule has 0 radical (unpaired) electrons. The molecule has 1 aromatic carbocycles. The highest BCUT2D eigenvalue weighted by Crippen LogP contribution is 2.27. The minimum atomic E-state index is -0.269. The molecule has 8 nitrogen and oxygen atoms in total. The van der Waals surface area contributed by atoms with Crippen molar-refractivity contribution in [3.05, 3.63) is 52.1 Å². The molecule has 9 heteroatoms. The Bertz CT molecular complexity index is 1040. The number of benzene rings is 1. The summed E-state index contributed by atoms with van der Waals surface area (Å²) in [6.07, 6.45) is 6.45. The summed E-state index contributed by atoms with van der Waals surface area (Å²) in [5.74, 6) is 0.347. The highest BCUT2D eigenvalue weighted by Gasteiger charge is 2.31. The first-order valence-electron chi connectivity index (χ1n) is 12.0. The van der Waals surface area contributed by atoms with Crippen molar-refractivity contribution >= 4 is 29.2 Å². The number of urea groups is 1. The van der Waals surface area contributed by atoms with E-state index >= 15 is 0 Å². The maximum absolute atomic E-state index is 13.0. The number of aromatic nitrogens is 2. The fourth-order valence-corrected chi connectivity index (χ4v) is 4.94. The van der Waals surface area contributed by atoms with Crippen molar-refractivity contribution in [2.45, 2.75) is 52.6 Å². The summed E-state index contributed by atoms with van der Waals surface area (Å²) in [5, 5.41) is 3.52. The van der Waals surface area contributed by atoms with Gasteiger partial charge in [-0.05, 0) is 63.3 Å². The van der Waals surface area contributed by atoms with E-state index in [2.05, 4.69) is 27.1 Å². The quantitative estimate of drug-likeness (QED) is 0.706. The van der Waals surface area contributed by atoms with E-state index in [9.17, 15) is 9.59 Å². The van der Waals surface area contributed by atoms with E-state index < -0.39 is 0 Å². The Balaban J connectivity index is 1.41. The van der Waals surface area contributed by atoms with E-state index in [1.807, 2.05) is 22.8 Å². The van der Waals surface area contributed by atoms with Gasteiger partial charge >= 0.3 is 6.03 Å². The second-order valence-corrected chi connectivity index (χ2v) is 9.75. The SMILES string of the molecule is Cc1ncc(C(=O)Nc2cc(Cl)cc(CN3CCN(C(=O)N4CCCCC4)[C@@H](C)C3)c2C)cn1. The number of piperazine rings is 1. The largest absolute Gasteiger partial charge is 0.325 e. The molecule has 4 rings (SSSR count). The third kappa shape index (κ3) is 5.67. The molecule has 2 aliphatic heterocycles. The van der Waals surface area contributed by atoms with Crippen LogP contribution in [-0.4, -0.2) is 75.4 Å². The van der Waals surface area contributed by atoms with Crippen LogP contribution in [0.3, 0.4) is 0 Å². The molecule has 2 fully saturated rings. The second kappa shape index (κ2) is 10.7. The standard InChI is InChI=1S/C25H33ClN6O2/c1-17-15-30(9-10-32(17)25(34)31-7-5-4-6-8-31)16-20-11-22(26)12-23(18(20)2)29-24(33)21-13-27-19(3)28-14-21/h11-14,17H,4-10,15-16H2,1-3H3,(H,29,33)/t17-/m0/s1. The van der Waals surface area contributed by atoms with Crippen molar-refractivity contribution in [3.63, 3.8) is 0 Å². The van der Waals surface area contributed by atoms with E-state index in [1.165, 1.54) is 18.8 Å². The summed E-state index contributed by atoms with van der Waals surface area (Å²) in [7, 11) is 0. The summed E-state index contributed by atoms with van der Waals surface area (Å²) in [6.45, 7) is 10.7. The van der Waals surface area contributed by atoms with Crippen LogP contribution in [0.2, 0.25) is 5.02 Å². The van der Waals surface area contributed by atoms with Gasteiger partial charge in [0.2, 0.25) is 0 Å². The lowest BCUT2D eigenvalue weighted by Gasteiger charge is -2.42. The van der Waals surface area contributed by atoms with Crippen molar-refractivity contribution < 1.29 is 9.59 Å². The van der Waals surface area contributed by atoms with Gasteiger partial charge in [0.05, 0.1) is 5.56 Å². The summed E-state index contributed by atoms with van der Waals surface area (Å²) in [6, 6.07) is 4.04. The van der Waals surface area contributed by atoms with Crippen LogP contribution in [0.1, 0.15) is 53.5 Å². The first kappa shape index (κ1) is 24.4. The lowest BCUT2D eigenvalue weighted by atomic mass is 10.0. The number of nitrogens with one attached hydrogen (secondary N) is 1. The maximum Gasteiger partial charge on any atom is 0.320 e. The number of rotatable bonds is 4. The molecule has 0 unspecified atom stereocenters. The van der Waals surface area contributed by atoms with E-state index in [4.69, 9.17) is 11.6 Å². The van der Waals surface area contributed by atoms with E-state index in [0.717, 1.165) is 50.1 Å². The van der Waals surface area contributed by atoms with Gasteiger partial charge in [-0.1, -0.05) is 11.6 Å². The van der Waals surface area contributed by atoms with Crippen LogP contribution in [0.5, 0.6) is 0 Å². The maximum atomic E-state index is 13.0. The molecule has 0 spiro atoms. The van der Waals surface area contributed by atoms with Gasteiger partial charge < -0.3 is 15.1 Å². The summed E-state index contributed by atoms with van der Waals surface area (Å²) in [5.41, 5.74) is 3.12. The Morgan fingerprint density at radius 1 is 1.06 bits per heavy atom. The van der Waals surface area contributed by atoms with Crippen LogP contribution < -0.4 is 5.32 Å². The third-order valence-electron chi connectivity index (χ3n) is 6.75. The smallest absolute Gasteiger partial charge is 0.320 e. The first-order chi connectivity index (χ1) is 16.3. The van der Waals surface area contributed by atoms with Crippen molar-refractivity contribution in [2.75, 3.05) is 38.0 Å². The van der Waals surface area contributed by atoms with Gasteiger partial charge in [-0.3, -0.25) is 9.69 Å². The zero-order valence-corrected chi connectivity index (χ0v) is 20.9. The fourth-order valence-electron chi connectivity index (χ4n) is 4.70. The molecule has 3 amide bonds. The Kier molecular flexibility index (Phi) is 7.68. The van der Waals surface area contributed by atoms with Gasteiger partial charge in [0.1, 0.15) is 5.82 Å². The van der Waals surface area contributed by atoms with Crippen LogP contribution in [0.15, 0.2) is 24.5 Å². The number of aryl methyl sites for hydroxylation is 1. The molecule has 34 heavy (non-hydrogen) atoms. The minimum absolute atomic E-state index is 0.142. The molecule has 2 aliphatic rings. The summed E-state index contributed by atoms with van der Waals surface area (Å²) >= 11 is 6.42. The number of anilines is 1. The van der Waals surface area contributed by atoms with Gasteiger partial charge in [0.15, 0.2) is 0 Å². The van der Waals surface area contributed by atoms with Crippen LogP contribution in [0, 0.1) is 13.8 Å². The molecule has 3 heterocycles. The lowest BCUT2D eigenvalue weighted by molar-refractivity contribution is 0.0741. The van der Waals surface area contributed by atoms with Gasteiger partial charge in [0.25, 0.3) is 5.91 Å². The van der Waals surface area contributed by atoms with E-state index in [0.29, 0.717) is 35.2 Å². The number of hydrogen-bond donors (Lipinski definition) is 1. The molecule has 2 aromatic rings. The Hall–Kier alpha value is -2.71. The zero-order chi connectivity index (χ0) is 24.2. The van der Waals surface area contributed by atoms with Crippen LogP contribution >= 0.6 is 11.6 Å². The topological polar surface area (TPSA) is 81.7 Å². The predicted octanol–water partition coefficient (Wildman–Crippen LogP) is 4.11. The average molecular weight is 485 g/mol. The van der Waals surface area contributed by atoms with E-state index in [-0.39, 0.29) is 18.0 Å². The molecule has 1 atom stereocenters. The van der Waals surface area contributed by atoms with Gasteiger partial charge in [-0.15, -0.1) is 0 Å². The molecule has 1 N–H and O–H groups in total. The first-order valence-corrected chi connectivity index (χ1v) is 12.4. The van der Waals surface area contributed by atoms with Gasteiger partial charge in [-0.25, -0.2) is 14.8 Å². The summed E-state index contributed by atoms with van der Waals surface area (Å²) in [4.78, 5) is 40.2. The summed E-state index contributed by atoms with van der Waals surface area (Å²) < 4.78 is 0. The number of hydrogen-bond acceptors (Lipinski definition) is 5. The van der Waals surface area contributed by atoms with Crippen molar-refractivity contribution in [3.8, 4) is 0 Å². The number of amides is 3. The number of likely N-dealkylation sites (tertiary alicyclic amines) is 1. The van der Waals surface area contributed by atoms with Gasteiger partial charge in [-0.2, -0.15) is 0 Å². The molecule has 0 bridgehead atoms. The average Bonchev–Trinajstić information content (AvgIpc) is 2.82. The molecule has 182 valence electrons. The highest BCUT2D eigenvalue weighted by molar-refractivity contribution is 6.31. The number of carbonyl (C=O) groups is 2. The monoisotopic (exact) mass is 484 g/mol. The van der Waals surface area contributed by atoms with Gasteiger partial charge in [0, 0.05) is 68.4 Å². The number of halogens is 1. The van der Waals surface area contributed by atoms with Crippen LogP contribution in [-0.2, 0) is 6.54 Å². The van der Waals surface area contributed by atoms with E-state index in [1.54, 1.807) is 13.0 Å². The van der Waals surface area contributed by atoms with Crippen molar-refractivity contribution in [1.29, 1.82) is 0 Å². The van der Waals surface area contributed by atoms with Crippen LogP contribution in [0.25, 0.3) is 0 Å². The molecular weight excluding hydrogens is 452 g/mol. The zero-order valence-electron chi connectivity index (χ0n) is 20.2. The molecule has 1 aromatic heterocycles. The lowest BCUT2D eigenvalue weighted by Crippen LogP contribution is -2.57. The second-order valence-electron chi connectivity index (χ2n) is 9.32. The highest BCUT2D eigenvalue weighted by atomic mass is 35.5. The number of carbonyl (C=O) groups excluding carboxylic acids is 2. The van der Waals surface area contributed by atoms with Crippen LogP contribution in [0.4, 0.5) is 10.5 Å². The van der Waals surface area contributed by atoms with Crippen molar-refractivity contribution in [2.24, 2.45) is 0 Å². The Morgan fingerprint density at radius 2 is 1.76 bits per heavy atom.